The van der Waals surface area contributed by atoms with E-state index in [0.29, 0.717) is 4.47 Å². The summed E-state index contributed by atoms with van der Waals surface area (Å²) >= 11 is 3.07. The van der Waals surface area contributed by atoms with Crippen molar-refractivity contribution in [3.8, 4) is 0 Å². The average molecular weight is 340 g/mol. The fourth-order valence-electron chi connectivity index (χ4n) is 1.42. The number of aromatic nitrogens is 1. The standard InChI is InChI=1S/C12H7BrFN3O3/c13-10-5-8(14)6-15-11(10)16-12(18)7-1-3-9(4-2-7)17(19)20/h1-6H,(H,15,16,18). The number of nitro groups is 1. The molecule has 0 aliphatic heterocycles. The lowest BCUT2D eigenvalue weighted by atomic mass is 10.2. The lowest BCUT2D eigenvalue weighted by Crippen LogP contribution is -2.13. The van der Waals surface area contributed by atoms with Crippen LogP contribution in [0.4, 0.5) is 15.9 Å². The number of non-ortho nitro benzene ring substituents is 1. The summed E-state index contributed by atoms with van der Waals surface area (Å²) in [7, 11) is 0. The molecule has 0 spiro atoms. The highest BCUT2D eigenvalue weighted by atomic mass is 79.9. The summed E-state index contributed by atoms with van der Waals surface area (Å²) in [6.45, 7) is 0. The minimum atomic E-state index is -0.556. The second-order valence-electron chi connectivity index (χ2n) is 3.74. The van der Waals surface area contributed by atoms with Gasteiger partial charge in [-0.2, -0.15) is 0 Å². The monoisotopic (exact) mass is 339 g/mol. The topological polar surface area (TPSA) is 85.1 Å². The average Bonchev–Trinajstić information content (AvgIpc) is 2.42. The van der Waals surface area contributed by atoms with Gasteiger partial charge in [0.1, 0.15) is 11.6 Å². The van der Waals surface area contributed by atoms with E-state index in [-0.39, 0.29) is 17.1 Å². The van der Waals surface area contributed by atoms with Crippen LogP contribution >= 0.6 is 15.9 Å². The molecule has 2 aromatic rings. The molecule has 0 radical (unpaired) electrons. The van der Waals surface area contributed by atoms with Crippen molar-refractivity contribution in [1.29, 1.82) is 0 Å². The van der Waals surface area contributed by atoms with Crippen molar-refractivity contribution in [2.24, 2.45) is 0 Å². The molecule has 0 atom stereocenters. The molecule has 1 heterocycles. The number of carbonyl (C=O) groups excluding carboxylic acids is 1. The molecule has 1 aromatic heterocycles. The number of pyridine rings is 1. The zero-order valence-corrected chi connectivity index (χ0v) is 11.4. The molecule has 0 aliphatic rings. The van der Waals surface area contributed by atoms with Gasteiger partial charge in [0.25, 0.3) is 11.6 Å². The zero-order valence-electron chi connectivity index (χ0n) is 9.84. The smallest absolute Gasteiger partial charge is 0.269 e. The molecule has 0 saturated heterocycles. The van der Waals surface area contributed by atoms with Crippen molar-refractivity contribution in [2.45, 2.75) is 0 Å². The molecule has 6 nitrogen and oxygen atoms in total. The number of nitro benzene ring substituents is 1. The van der Waals surface area contributed by atoms with Crippen molar-refractivity contribution in [1.82, 2.24) is 4.98 Å². The van der Waals surface area contributed by atoms with Gasteiger partial charge in [-0.05, 0) is 34.1 Å². The quantitative estimate of drug-likeness (QED) is 0.687. The molecule has 0 unspecified atom stereocenters. The van der Waals surface area contributed by atoms with E-state index in [1.165, 1.54) is 30.3 Å². The van der Waals surface area contributed by atoms with Gasteiger partial charge in [0.05, 0.1) is 15.6 Å². The predicted molar refractivity (Wildman–Crippen MR) is 72.9 cm³/mol. The van der Waals surface area contributed by atoms with Crippen LogP contribution in [0.2, 0.25) is 0 Å². The summed E-state index contributed by atoms with van der Waals surface area (Å²) in [5.41, 5.74) is 0.122. The summed E-state index contributed by atoms with van der Waals surface area (Å²) in [4.78, 5) is 25.6. The van der Waals surface area contributed by atoms with Gasteiger partial charge >= 0.3 is 0 Å². The van der Waals surface area contributed by atoms with Crippen LogP contribution in [0.1, 0.15) is 10.4 Å². The first-order valence-corrected chi connectivity index (χ1v) is 6.13. The molecular weight excluding hydrogens is 333 g/mol. The van der Waals surface area contributed by atoms with E-state index in [0.717, 1.165) is 6.20 Å². The molecule has 0 saturated carbocycles. The second-order valence-corrected chi connectivity index (χ2v) is 4.60. The Labute approximate surface area is 120 Å². The first-order chi connectivity index (χ1) is 9.47. The van der Waals surface area contributed by atoms with E-state index in [2.05, 4.69) is 26.2 Å². The number of rotatable bonds is 3. The molecular formula is C12H7BrFN3O3. The number of nitrogens with one attached hydrogen (secondary N) is 1. The number of halogens is 2. The third kappa shape index (κ3) is 3.15. The van der Waals surface area contributed by atoms with Crippen LogP contribution in [0.5, 0.6) is 0 Å². The van der Waals surface area contributed by atoms with Crippen molar-refractivity contribution in [3.63, 3.8) is 0 Å². The Hall–Kier alpha value is -2.35. The lowest BCUT2D eigenvalue weighted by molar-refractivity contribution is -0.384. The van der Waals surface area contributed by atoms with E-state index in [4.69, 9.17) is 0 Å². The van der Waals surface area contributed by atoms with E-state index >= 15 is 0 Å². The summed E-state index contributed by atoms with van der Waals surface area (Å²) in [6, 6.07) is 6.26. The predicted octanol–water partition coefficient (Wildman–Crippen LogP) is 3.14. The molecule has 1 aromatic carbocycles. The Bertz CT molecular complexity index is 676. The SMILES string of the molecule is O=C(Nc1ncc(F)cc1Br)c1ccc([N+](=O)[O-])cc1. The van der Waals surface area contributed by atoms with Crippen LogP contribution in [-0.4, -0.2) is 15.8 Å². The van der Waals surface area contributed by atoms with Crippen molar-refractivity contribution in [2.75, 3.05) is 5.32 Å². The highest BCUT2D eigenvalue weighted by Crippen LogP contribution is 2.21. The van der Waals surface area contributed by atoms with Gasteiger partial charge in [-0.15, -0.1) is 0 Å². The third-order valence-electron chi connectivity index (χ3n) is 2.38. The lowest BCUT2D eigenvalue weighted by Gasteiger charge is -2.06. The Morgan fingerprint density at radius 2 is 2.00 bits per heavy atom. The Morgan fingerprint density at radius 3 is 2.55 bits per heavy atom. The van der Waals surface area contributed by atoms with Gasteiger partial charge in [-0.3, -0.25) is 14.9 Å². The Kier molecular flexibility index (Phi) is 4.04. The van der Waals surface area contributed by atoms with Gasteiger partial charge in [-0.25, -0.2) is 9.37 Å². The fourth-order valence-corrected chi connectivity index (χ4v) is 1.84. The number of anilines is 1. The van der Waals surface area contributed by atoms with Crippen molar-refractivity contribution >= 4 is 33.3 Å². The molecule has 1 N–H and O–H groups in total. The first kappa shape index (κ1) is 14.1. The molecule has 0 fully saturated rings. The third-order valence-corrected chi connectivity index (χ3v) is 2.98. The maximum atomic E-state index is 12.9. The number of hydrogen-bond acceptors (Lipinski definition) is 4. The van der Waals surface area contributed by atoms with Crippen LogP contribution in [-0.2, 0) is 0 Å². The van der Waals surface area contributed by atoms with E-state index in [1.807, 2.05) is 0 Å². The summed E-state index contributed by atoms with van der Waals surface area (Å²) in [5.74, 6) is -0.875. The van der Waals surface area contributed by atoms with Gasteiger partial charge < -0.3 is 5.32 Å². The molecule has 8 heteroatoms. The molecule has 20 heavy (non-hydrogen) atoms. The number of hydrogen-bond donors (Lipinski definition) is 1. The van der Waals surface area contributed by atoms with Crippen LogP contribution in [0.25, 0.3) is 0 Å². The van der Waals surface area contributed by atoms with Crippen molar-refractivity contribution in [3.05, 3.63) is 62.5 Å². The molecule has 2 rings (SSSR count). The summed E-state index contributed by atoms with van der Waals surface area (Å²) in [5, 5.41) is 13.0. The normalized spacial score (nSPS) is 10.1. The number of nitrogens with zero attached hydrogens (tertiary/aromatic N) is 2. The number of amides is 1. The number of benzene rings is 1. The van der Waals surface area contributed by atoms with Crippen LogP contribution in [0.3, 0.4) is 0 Å². The van der Waals surface area contributed by atoms with Gasteiger partial charge in [0.15, 0.2) is 0 Å². The van der Waals surface area contributed by atoms with Crippen LogP contribution < -0.4 is 5.32 Å². The molecule has 102 valence electrons. The largest absolute Gasteiger partial charge is 0.306 e. The first-order valence-electron chi connectivity index (χ1n) is 5.34. The van der Waals surface area contributed by atoms with Gasteiger partial charge in [0, 0.05) is 17.7 Å². The number of carbonyl (C=O) groups is 1. The minimum absolute atomic E-state index is 0.109. The van der Waals surface area contributed by atoms with Gasteiger partial charge in [-0.1, -0.05) is 0 Å². The molecule has 0 bridgehead atoms. The Balaban J connectivity index is 2.17. The summed E-state index contributed by atoms with van der Waals surface area (Å²) in [6.07, 6.45) is 0.968. The van der Waals surface area contributed by atoms with Crippen molar-refractivity contribution < 1.29 is 14.1 Å². The minimum Gasteiger partial charge on any atom is -0.306 e. The summed E-state index contributed by atoms with van der Waals surface area (Å²) < 4.78 is 13.2. The Morgan fingerprint density at radius 1 is 1.35 bits per heavy atom. The maximum Gasteiger partial charge on any atom is 0.269 e. The van der Waals surface area contributed by atoms with E-state index < -0.39 is 16.6 Å². The molecule has 0 aliphatic carbocycles. The van der Waals surface area contributed by atoms with Gasteiger partial charge in [0.2, 0.25) is 0 Å². The van der Waals surface area contributed by atoms with Crippen LogP contribution in [0.15, 0.2) is 41.0 Å². The second kappa shape index (κ2) is 5.74. The van der Waals surface area contributed by atoms with E-state index in [9.17, 15) is 19.3 Å². The zero-order chi connectivity index (χ0) is 14.7. The maximum absolute atomic E-state index is 12.9. The molecule has 1 amide bonds. The van der Waals surface area contributed by atoms with Crippen LogP contribution in [0, 0.1) is 15.9 Å². The highest BCUT2D eigenvalue weighted by Gasteiger charge is 2.12. The highest BCUT2D eigenvalue weighted by molar-refractivity contribution is 9.10. The van der Waals surface area contributed by atoms with E-state index in [1.54, 1.807) is 0 Å². The fraction of sp³-hybridized carbons (Fsp3) is 0.